The Morgan fingerprint density at radius 2 is 1.92 bits per heavy atom. The number of aliphatic hydroxyl groups is 1. The molecule has 1 saturated carbocycles. The normalized spacial score (nSPS) is 36.6. The van der Waals surface area contributed by atoms with Gasteiger partial charge >= 0.3 is 17.9 Å². The monoisotopic (exact) mass is 713 g/mol. The van der Waals surface area contributed by atoms with E-state index in [0.717, 1.165) is 11.1 Å². The third-order valence-electron chi connectivity index (χ3n) is 11.8. The number of methoxy groups -OCH3 is 1. The van der Waals surface area contributed by atoms with Crippen LogP contribution in [-0.4, -0.2) is 76.9 Å². The molecule has 1 N–H and O–H groups in total. The van der Waals surface area contributed by atoms with Crippen LogP contribution in [0.5, 0.6) is 0 Å². The molecule has 1 aromatic heterocycles. The van der Waals surface area contributed by atoms with E-state index in [0.29, 0.717) is 24.1 Å². The van der Waals surface area contributed by atoms with Crippen molar-refractivity contribution in [1.82, 2.24) is 4.57 Å². The summed E-state index contributed by atoms with van der Waals surface area (Å²) in [5, 5.41) is 12.0. The first-order valence-electron chi connectivity index (χ1n) is 18.2. The summed E-state index contributed by atoms with van der Waals surface area (Å²) in [6, 6.07) is 7.27. The number of hydrogen-bond acceptors (Lipinski definition) is 9. The molecule has 52 heavy (non-hydrogen) atoms. The molecular formula is C41H49N2O9+. The van der Waals surface area contributed by atoms with Gasteiger partial charge in [-0.2, -0.15) is 0 Å². The van der Waals surface area contributed by atoms with Gasteiger partial charge in [0, 0.05) is 42.3 Å². The van der Waals surface area contributed by atoms with Crippen LogP contribution in [-0.2, 0) is 46.9 Å². The van der Waals surface area contributed by atoms with Crippen LogP contribution in [0, 0.1) is 29.6 Å². The Morgan fingerprint density at radius 3 is 2.60 bits per heavy atom. The number of aryl methyl sites for hydroxylation is 1. The minimum Gasteiger partial charge on any atom is -0.456 e. The number of ether oxygens (including phenoxy) is 5. The van der Waals surface area contributed by atoms with Crippen LogP contribution in [0.25, 0.3) is 0 Å². The van der Waals surface area contributed by atoms with Crippen molar-refractivity contribution in [3.05, 3.63) is 102 Å². The number of allylic oxidation sites excluding steroid dienone is 3. The Labute approximate surface area is 304 Å². The van der Waals surface area contributed by atoms with E-state index in [1.807, 2.05) is 86.0 Å². The average molecular weight is 714 g/mol. The lowest BCUT2D eigenvalue weighted by Crippen LogP contribution is -2.57. The van der Waals surface area contributed by atoms with Gasteiger partial charge in [-0.05, 0) is 50.0 Å². The van der Waals surface area contributed by atoms with Crippen molar-refractivity contribution in [2.45, 2.75) is 89.3 Å². The number of carbonyl (C=O) groups excluding carboxylic acids is 3. The summed E-state index contributed by atoms with van der Waals surface area (Å²) in [7, 11) is 3.43. The highest BCUT2D eigenvalue weighted by atomic mass is 16.6. The van der Waals surface area contributed by atoms with Crippen LogP contribution >= 0.6 is 0 Å². The number of rotatable bonds is 8. The standard InChI is InChI=1S/C41H49N2O9/c1-23-19-24(2)41-30(15-16-31-33(41)34(44)25(3)36(37(31)52-41)51-39(46)28-9-7-8-10-28)20-32(48-6)40(47)50-35(23)26(4)49-38(45)29-13-11-27(12-14-29)21-43-18-17-42(5)22-43/h7-9,11-19,22-23,25-26,30-37,44H,10,20-21H2,1-6H3/q+1/b24-19+/t23-,25-,26-,30?,31-,32+,33+,34-,35+,36-,37-,41+/m1/s1. The van der Waals surface area contributed by atoms with Crippen molar-refractivity contribution < 1.29 is 47.7 Å². The highest BCUT2D eigenvalue weighted by Crippen LogP contribution is 2.61. The zero-order valence-corrected chi connectivity index (χ0v) is 30.6. The van der Waals surface area contributed by atoms with Crippen LogP contribution in [0.1, 0.15) is 56.5 Å². The third kappa shape index (κ3) is 6.37. The van der Waals surface area contributed by atoms with E-state index >= 15 is 0 Å². The number of cyclic esters (lactones) is 1. The van der Waals surface area contributed by atoms with E-state index < -0.39 is 66.1 Å². The highest BCUT2D eigenvalue weighted by molar-refractivity contribution is 5.90. The fourth-order valence-corrected chi connectivity index (χ4v) is 9.14. The maximum absolute atomic E-state index is 13.8. The minimum absolute atomic E-state index is 0.209. The van der Waals surface area contributed by atoms with Crippen molar-refractivity contribution >= 4 is 17.9 Å². The molecule has 276 valence electrons. The molecule has 1 spiro atoms. The maximum Gasteiger partial charge on any atom is 0.338 e. The zero-order valence-electron chi connectivity index (χ0n) is 30.6. The van der Waals surface area contributed by atoms with Gasteiger partial charge in [0.1, 0.15) is 49.0 Å². The van der Waals surface area contributed by atoms with Crippen molar-refractivity contribution in [1.29, 1.82) is 0 Å². The molecule has 0 amide bonds. The summed E-state index contributed by atoms with van der Waals surface area (Å²) >= 11 is 0. The average Bonchev–Trinajstić information content (AvgIpc) is 3.85. The van der Waals surface area contributed by atoms with E-state index in [1.165, 1.54) is 7.11 Å². The first-order valence-corrected chi connectivity index (χ1v) is 18.2. The molecule has 2 fully saturated rings. The molecule has 12 atom stereocenters. The lowest BCUT2D eigenvalue weighted by Gasteiger charge is -2.49. The number of esters is 3. The van der Waals surface area contributed by atoms with E-state index in [4.69, 9.17) is 23.7 Å². The van der Waals surface area contributed by atoms with Crippen LogP contribution < -0.4 is 4.57 Å². The molecule has 1 aromatic carbocycles. The van der Waals surface area contributed by atoms with E-state index in [1.54, 1.807) is 25.1 Å². The van der Waals surface area contributed by atoms with E-state index in [9.17, 15) is 19.5 Å². The number of aliphatic hydroxyl groups excluding tert-OH is 1. The van der Waals surface area contributed by atoms with Crippen LogP contribution in [0.2, 0.25) is 0 Å². The predicted molar refractivity (Wildman–Crippen MR) is 188 cm³/mol. The van der Waals surface area contributed by atoms with E-state index in [-0.39, 0.29) is 30.1 Å². The molecule has 2 aromatic rings. The fourth-order valence-electron chi connectivity index (χ4n) is 9.14. The number of aromatic nitrogens is 2. The Hall–Kier alpha value is -4.32. The molecule has 11 heteroatoms. The Morgan fingerprint density at radius 1 is 1.15 bits per heavy atom. The number of carbonyl (C=O) groups is 3. The molecule has 2 aliphatic heterocycles. The number of imidazole rings is 1. The molecule has 11 nitrogen and oxygen atoms in total. The van der Waals surface area contributed by atoms with Gasteiger partial charge in [-0.1, -0.05) is 62.4 Å². The topological polar surface area (TPSA) is 126 Å². The first kappa shape index (κ1) is 36.1. The smallest absolute Gasteiger partial charge is 0.338 e. The third-order valence-corrected chi connectivity index (χ3v) is 11.8. The molecule has 4 bridgehead atoms. The molecular weight excluding hydrogens is 664 g/mol. The van der Waals surface area contributed by atoms with Gasteiger partial charge in [-0.3, -0.25) is 0 Å². The van der Waals surface area contributed by atoms with Crippen LogP contribution in [0.15, 0.2) is 90.6 Å². The fraction of sp³-hybridized carbons (Fsp3) is 0.512. The molecule has 3 heterocycles. The summed E-state index contributed by atoms with van der Waals surface area (Å²) in [5.74, 6) is -3.20. The van der Waals surface area contributed by atoms with E-state index in [2.05, 4.69) is 12.2 Å². The van der Waals surface area contributed by atoms with Gasteiger partial charge in [-0.25, -0.2) is 23.5 Å². The van der Waals surface area contributed by atoms with Gasteiger partial charge in [0.05, 0.1) is 18.7 Å². The van der Waals surface area contributed by atoms with Crippen LogP contribution in [0.4, 0.5) is 0 Å². The largest absolute Gasteiger partial charge is 0.456 e. The maximum atomic E-state index is 13.8. The Bertz CT molecular complexity index is 1820. The Balaban J connectivity index is 1.14. The van der Waals surface area contributed by atoms with Gasteiger partial charge in [0.25, 0.3) is 0 Å². The van der Waals surface area contributed by atoms with Gasteiger partial charge in [-0.15, -0.1) is 0 Å². The van der Waals surface area contributed by atoms with Gasteiger partial charge in [0.15, 0.2) is 6.10 Å². The van der Waals surface area contributed by atoms with Crippen molar-refractivity contribution in [2.24, 2.45) is 36.6 Å². The lowest BCUT2D eigenvalue weighted by molar-refractivity contribution is -0.671. The summed E-state index contributed by atoms with van der Waals surface area (Å²) in [6.07, 6.45) is 13.7. The second kappa shape index (κ2) is 14.2. The quantitative estimate of drug-likeness (QED) is 0.186. The Kier molecular flexibility index (Phi) is 9.88. The number of hydrogen-bond donors (Lipinski definition) is 1. The molecule has 1 saturated heterocycles. The summed E-state index contributed by atoms with van der Waals surface area (Å²) in [4.78, 5) is 40.3. The summed E-state index contributed by atoms with van der Waals surface area (Å²) < 4.78 is 35.0. The van der Waals surface area contributed by atoms with Crippen molar-refractivity contribution in [3.63, 3.8) is 0 Å². The lowest BCUT2D eigenvalue weighted by atomic mass is 9.57. The highest BCUT2D eigenvalue weighted by Gasteiger charge is 2.69. The first-order chi connectivity index (χ1) is 24.9. The van der Waals surface area contributed by atoms with Crippen molar-refractivity contribution in [2.75, 3.05) is 7.11 Å². The molecule has 7 rings (SSSR count). The SMILES string of the molecule is CO[C@H]1CC2C=C[C@H]3[C@H]4O[C@]2(/C(C)=C/[C@@H](C)[C@@H]([C@@H](C)OC(=O)c2ccc(Cn5cc[n+](C)c5)cc2)OC1=O)[C@@H]3[C@H](O)[C@@H](C)[C@H]4OC(=O)C1=CC=CC1. The summed E-state index contributed by atoms with van der Waals surface area (Å²) in [5.41, 5.74) is 1.86. The zero-order chi connectivity index (χ0) is 36.9. The van der Waals surface area contributed by atoms with Crippen LogP contribution in [0.3, 0.4) is 0 Å². The number of benzene rings is 1. The van der Waals surface area contributed by atoms with Gasteiger partial charge in [0.2, 0.25) is 6.33 Å². The van der Waals surface area contributed by atoms with Crippen molar-refractivity contribution in [3.8, 4) is 0 Å². The molecule has 0 radical (unpaired) electrons. The predicted octanol–water partition coefficient (Wildman–Crippen LogP) is 4.18. The molecule has 5 aliphatic rings. The number of nitrogens with zero attached hydrogens (tertiary/aromatic N) is 2. The second-order valence-corrected chi connectivity index (χ2v) is 15.1. The molecule has 1 unspecified atom stereocenters. The molecule has 3 aliphatic carbocycles. The van der Waals surface area contributed by atoms with Gasteiger partial charge < -0.3 is 28.8 Å². The summed E-state index contributed by atoms with van der Waals surface area (Å²) in [6.45, 7) is 8.20. The minimum atomic E-state index is -1.000. The second-order valence-electron chi connectivity index (χ2n) is 15.1.